The molecule has 1 N–H and O–H groups in total. The van der Waals surface area contributed by atoms with Crippen LogP contribution in [0.15, 0.2) is 35.5 Å². The Morgan fingerprint density at radius 1 is 1.59 bits per heavy atom. The number of azide groups is 1. The van der Waals surface area contributed by atoms with E-state index in [0.717, 1.165) is 11.3 Å². The highest BCUT2D eigenvalue weighted by Gasteiger charge is 2.16. The Kier molecular flexibility index (Phi) is 3.26. The zero-order valence-electron chi connectivity index (χ0n) is 8.87. The van der Waals surface area contributed by atoms with Gasteiger partial charge in [-0.15, -0.1) is 0 Å². The molecule has 1 unspecified atom stereocenters. The zero-order chi connectivity index (χ0) is 12.1. The molecule has 0 amide bonds. The molecule has 0 aliphatic carbocycles. The van der Waals surface area contributed by atoms with E-state index >= 15 is 0 Å². The van der Waals surface area contributed by atoms with Gasteiger partial charge in [-0.1, -0.05) is 17.2 Å². The van der Waals surface area contributed by atoms with E-state index in [9.17, 15) is 0 Å². The fraction of sp³-hybridized carbons (Fsp3) is 0.182. The molecule has 6 heteroatoms. The molecule has 6 nitrogen and oxygen atoms in total. The smallest absolute Gasteiger partial charge is 0.111 e. The van der Waals surface area contributed by atoms with Gasteiger partial charge in [-0.05, 0) is 23.7 Å². The lowest BCUT2D eigenvalue weighted by Crippen LogP contribution is -2.14. The molecule has 0 fully saturated rings. The van der Waals surface area contributed by atoms with Crippen LogP contribution in [0.4, 0.5) is 0 Å². The molecule has 2 rings (SSSR count). The molecule has 0 spiro atoms. The van der Waals surface area contributed by atoms with Crippen molar-refractivity contribution >= 4 is 5.70 Å². The van der Waals surface area contributed by atoms with Gasteiger partial charge in [0.15, 0.2) is 0 Å². The van der Waals surface area contributed by atoms with Crippen molar-refractivity contribution in [3.05, 3.63) is 51.9 Å². The Labute approximate surface area is 97.7 Å². The summed E-state index contributed by atoms with van der Waals surface area (Å²) in [6, 6.07) is 9.25. The molecular weight excluding hydrogens is 218 g/mol. The Hall–Kier alpha value is -2.48. The first-order valence-electron chi connectivity index (χ1n) is 4.98. The van der Waals surface area contributed by atoms with E-state index < -0.39 is 0 Å². The average Bonchev–Trinajstić information content (AvgIpc) is 2.85. The van der Waals surface area contributed by atoms with Crippen molar-refractivity contribution < 1.29 is 4.84 Å². The molecule has 0 saturated heterocycles. The van der Waals surface area contributed by atoms with Gasteiger partial charge in [-0.25, -0.2) is 0 Å². The van der Waals surface area contributed by atoms with E-state index in [1.165, 1.54) is 0 Å². The van der Waals surface area contributed by atoms with Crippen molar-refractivity contribution in [2.75, 3.05) is 6.54 Å². The molecule has 1 aromatic rings. The van der Waals surface area contributed by atoms with Crippen LogP contribution < -0.4 is 5.48 Å². The maximum absolute atomic E-state index is 8.80. The number of hydrogen-bond donors (Lipinski definition) is 1. The maximum Gasteiger partial charge on any atom is 0.111 e. The van der Waals surface area contributed by atoms with Gasteiger partial charge in [-0.3, -0.25) is 10.3 Å². The Morgan fingerprint density at radius 2 is 2.47 bits per heavy atom. The van der Waals surface area contributed by atoms with Crippen molar-refractivity contribution in [3.8, 4) is 6.07 Å². The second-order valence-corrected chi connectivity index (χ2v) is 3.44. The van der Waals surface area contributed by atoms with E-state index in [-0.39, 0.29) is 12.6 Å². The van der Waals surface area contributed by atoms with Gasteiger partial charge in [0, 0.05) is 10.5 Å². The molecule has 1 atom stereocenters. The van der Waals surface area contributed by atoms with Crippen LogP contribution >= 0.6 is 0 Å². The highest BCUT2D eigenvalue weighted by Crippen LogP contribution is 2.19. The van der Waals surface area contributed by atoms with Gasteiger partial charge in [0.25, 0.3) is 0 Å². The number of nitrogens with one attached hydrogen (secondary N) is 1. The van der Waals surface area contributed by atoms with Gasteiger partial charge >= 0.3 is 0 Å². The number of nitrogens with zero attached hydrogens (tertiary/aromatic N) is 4. The zero-order valence-corrected chi connectivity index (χ0v) is 8.87. The maximum atomic E-state index is 8.80. The lowest BCUT2D eigenvalue weighted by Gasteiger charge is -2.04. The van der Waals surface area contributed by atoms with Gasteiger partial charge in [0.1, 0.15) is 6.10 Å². The van der Waals surface area contributed by atoms with Crippen LogP contribution in [-0.4, -0.2) is 12.6 Å². The SMILES string of the molecule is N#Cc1cccc(C2=CC(CN=[N+]=[N-])ON2)c1. The van der Waals surface area contributed by atoms with Crippen LogP contribution in [-0.2, 0) is 4.84 Å². The normalized spacial score (nSPS) is 17.6. The summed E-state index contributed by atoms with van der Waals surface area (Å²) in [6.07, 6.45) is 1.55. The minimum absolute atomic E-state index is 0.241. The predicted molar refractivity (Wildman–Crippen MR) is 61.2 cm³/mol. The van der Waals surface area contributed by atoms with E-state index in [4.69, 9.17) is 15.6 Å². The molecule has 1 heterocycles. The number of hydrogen-bond acceptors (Lipinski definition) is 4. The van der Waals surface area contributed by atoms with E-state index in [1.54, 1.807) is 18.2 Å². The number of hydroxylamine groups is 1. The third kappa shape index (κ3) is 2.55. The highest BCUT2D eigenvalue weighted by molar-refractivity contribution is 5.66. The first-order valence-corrected chi connectivity index (χ1v) is 4.98. The molecule has 84 valence electrons. The summed E-state index contributed by atoms with van der Waals surface area (Å²) in [5.74, 6) is 0. The van der Waals surface area contributed by atoms with Crippen LogP contribution in [0.1, 0.15) is 11.1 Å². The highest BCUT2D eigenvalue weighted by atomic mass is 16.7. The predicted octanol–water partition coefficient (Wildman–Crippen LogP) is 2.11. The van der Waals surface area contributed by atoms with Crippen LogP contribution in [0, 0.1) is 11.3 Å². The van der Waals surface area contributed by atoms with Crippen molar-refractivity contribution in [1.29, 1.82) is 5.26 Å². The molecule has 0 aromatic heterocycles. The summed E-state index contributed by atoms with van der Waals surface area (Å²) in [7, 11) is 0. The molecule has 1 aliphatic rings. The molecule has 1 aromatic carbocycles. The Bertz CT molecular complexity index is 539. The minimum Gasteiger partial charge on any atom is -0.268 e. The number of benzene rings is 1. The fourth-order valence-electron chi connectivity index (χ4n) is 1.51. The number of nitriles is 1. The van der Waals surface area contributed by atoms with Gasteiger partial charge in [0.2, 0.25) is 0 Å². The van der Waals surface area contributed by atoms with Crippen LogP contribution in [0.3, 0.4) is 0 Å². The van der Waals surface area contributed by atoms with Crippen LogP contribution in [0.5, 0.6) is 0 Å². The molecule has 0 saturated carbocycles. The summed E-state index contributed by atoms with van der Waals surface area (Å²) >= 11 is 0. The summed E-state index contributed by atoms with van der Waals surface area (Å²) < 4.78 is 0. The summed E-state index contributed by atoms with van der Waals surface area (Å²) in [4.78, 5) is 7.87. The topological polar surface area (TPSA) is 93.8 Å². The van der Waals surface area contributed by atoms with Crippen molar-refractivity contribution in [1.82, 2.24) is 5.48 Å². The summed E-state index contributed by atoms with van der Waals surface area (Å²) in [5.41, 5.74) is 13.2. The first kappa shape index (κ1) is 11.0. The van der Waals surface area contributed by atoms with Crippen LogP contribution in [0.25, 0.3) is 16.1 Å². The van der Waals surface area contributed by atoms with Gasteiger partial charge in [-0.2, -0.15) is 5.26 Å². The molecular formula is C11H9N5O. The van der Waals surface area contributed by atoms with E-state index in [2.05, 4.69) is 21.6 Å². The third-order valence-corrected chi connectivity index (χ3v) is 2.30. The lowest BCUT2D eigenvalue weighted by atomic mass is 10.1. The second-order valence-electron chi connectivity index (χ2n) is 3.44. The van der Waals surface area contributed by atoms with E-state index in [0.29, 0.717) is 5.56 Å². The minimum atomic E-state index is -0.272. The molecule has 0 bridgehead atoms. The monoisotopic (exact) mass is 227 g/mol. The second kappa shape index (κ2) is 5.03. The standard InChI is InChI=1S/C11H9N5O/c12-6-8-2-1-3-9(4-8)11-5-10(17-15-11)7-14-16-13/h1-5,10,15H,7H2. The fourth-order valence-corrected chi connectivity index (χ4v) is 1.51. The lowest BCUT2D eigenvalue weighted by molar-refractivity contribution is 0.0568. The molecule has 1 aliphatic heterocycles. The summed E-state index contributed by atoms with van der Waals surface area (Å²) in [5, 5.41) is 12.2. The quantitative estimate of drug-likeness (QED) is 0.486. The Balaban J connectivity index is 2.18. The van der Waals surface area contributed by atoms with Crippen molar-refractivity contribution in [2.24, 2.45) is 5.11 Å². The van der Waals surface area contributed by atoms with Crippen LogP contribution in [0.2, 0.25) is 0 Å². The van der Waals surface area contributed by atoms with Crippen molar-refractivity contribution in [2.45, 2.75) is 6.10 Å². The first-order chi connectivity index (χ1) is 8.33. The Morgan fingerprint density at radius 3 is 3.24 bits per heavy atom. The molecule has 0 radical (unpaired) electrons. The van der Waals surface area contributed by atoms with E-state index in [1.807, 2.05) is 12.1 Å². The van der Waals surface area contributed by atoms with Crippen molar-refractivity contribution in [3.63, 3.8) is 0 Å². The summed E-state index contributed by atoms with van der Waals surface area (Å²) in [6.45, 7) is 0.241. The molecule has 17 heavy (non-hydrogen) atoms. The average molecular weight is 227 g/mol. The largest absolute Gasteiger partial charge is 0.268 e. The third-order valence-electron chi connectivity index (χ3n) is 2.30. The number of rotatable bonds is 3. The van der Waals surface area contributed by atoms with Gasteiger partial charge in [0.05, 0.1) is 23.9 Å². The van der Waals surface area contributed by atoms with Gasteiger partial charge < -0.3 is 0 Å².